The van der Waals surface area contributed by atoms with Crippen LogP contribution in [0.2, 0.25) is 0 Å². The first-order chi connectivity index (χ1) is 3.77. The number of hydrogen-bond donors (Lipinski definition) is 1. The lowest BCUT2D eigenvalue weighted by Crippen LogP contribution is -1.89. The minimum Gasteiger partial charge on any atom is -0.179 e. The minimum atomic E-state index is 0.787. The maximum Gasteiger partial charge on any atom is -0.000968 e. The summed E-state index contributed by atoms with van der Waals surface area (Å²) in [5.41, 5.74) is 0. The highest BCUT2D eigenvalue weighted by atomic mass is 32.2. The van der Waals surface area contributed by atoms with E-state index >= 15 is 0 Å². The van der Waals surface area contributed by atoms with Crippen molar-refractivity contribution < 1.29 is 0 Å². The van der Waals surface area contributed by atoms with Crippen LogP contribution >= 0.6 is 24.4 Å². The molecule has 0 aromatic heterocycles. The van der Waals surface area contributed by atoms with E-state index in [1.807, 2.05) is 11.8 Å². The zero-order chi connectivity index (χ0) is 6.41. The van der Waals surface area contributed by atoms with Gasteiger partial charge in [0.2, 0.25) is 0 Å². The molecule has 0 saturated heterocycles. The van der Waals surface area contributed by atoms with Crippen molar-refractivity contribution in [2.75, 3.05) is 11.5 Å². The second-order valence-corrected chi connectivity index (χ2v) is 4.13. The fourth-order valence-electron chi connectivity index (χ4n) is 0.384. The number of hydrogen-bond acceptors (Lipinski definition) is 2. The van der Waals surface area contributed by atoms with Crippen molar-refractivity contribution in [3.63, 3.8) is 0 Å². The summed E-state index contributed by atoms with van der Waals surface area (Å²) in [7, 11) is 0. The molecule has 0 amide bonds. The smallest absolute Gasteiger partial charge is 0.000968 e. The molecular formula is C6H14S2. The van der Waals surface area contributed by atoms with Crippen molar-refractivity contribution in [2.45, 2.75) is 25.5 Å². The van der Waals surface area contributed by atoms with E-state index in [2.05, 4.69) is 26.5 Å². The summed E-state index contributed by atoms with van der Waals surface area (Å²) in [6, 6.07) is 0. The first-order valence-corrected chi connectivity index (χ1v) is 4.68. The molecule has 0 N–H and O–H groups in total. The summed E-state index contributed by atoms with van der Waals surface area (Å²) in [6.07, 6.45) is 1.24. The van der Waals surface area contributed by atoms with Gasteiger partial charge in [-0.05, 0) is 23.2 Å². The van der Waals surface area contributed by atoms with Gasteiger partial charge in [-0.3, -0.25) is 0 Å². The summed E-state index contributed by atoms with van der Waals surface area (Å²) in [6.45, 7) is 4.45. The van der Waals surface area contributed by atoms with Crippen molar-refractivity contribution in [1.82, 2.24) is 0 Å². The number of rotatable bonds is 4. The Hall–Kier alpha value is 0.700. The van der Waals surface area contributed by atoms with Gasteiger partial charge in [0.15, 0.2) is 0 Å². The lowest BCUT2D eigenvalue weighted by molar-refractivity contribution is 1.08. The van der Waals surface area contributed by atoms with Gasteiger partial charge in [-0.25, -0.2) is 0 Å². The van der Waals surface area contributed by atoms with Crippen LogP contribution in [-0.4, -0.2) is 16.8 Å². The lowest BCUT2D eigenvalue weighted by atomic mass is 10.6. The van der Waals surface area contributed by atoms with Crippen molar-refractivity contribution in [2.24, 2.45) is 0 Å². The fraction of sp³-hybridized carbons (Fsp3) is 1.00. The van der Waals surface area contributed by atoms with Crippen molar-refractivity contribution in [3.05, 3.63) is 0 Å². The Morgan fingerprint density at radius 2 is 2.12 bits per heavy atom. The van der Waals surface area contributed by atoms with Crippen molar-refractivity contribution in [1.29, 1.82) is 0 Å². The van der Waals surface area contributed by atoms with Crippen LogP contribution in [0.5, 0.6) is 0 Å². The molecule has 0 heterocycles. The van der Waals surface area contributed by atoms with Crippen LogP contribution in [0.3, 0.4) is 0 Å². The number of thioether (sulfide) groups is 1. The maximum absolute atomic E-state index is 4.11. The van der Waals surface area contributed by atoms with Gasteiger partial charge < -0.3 is 0 Å². The molecule has 0 saturated carbocycles. The molecule has 50 valence electrons. The third-order valence-electron chi connectivity index (χ3n) is 0.754. The Morgan fingerprint density at radius 3 is 2.50 bits per heavy atom. The molecule has 0 atom stereocenters. The molecule has 0 rings (SSSR count). The van der Waals surface area contributed by atoms with Crippen LogP contribution in [0.25, 0.3) is 0 Å². The third kappa shape index (κ3) is 6.70. The van der Waals surface area contributed by atoms with Crippen LogP contribution in [0, 0.1) is 0 Å². The van der Waals surface area contributed by atoms with Gasteiger partial charge in [-0.1, -0.05) is 13.8 Å². The van der Waals surface area contributed by atoms with Gasteiger partial charge in [0.05, 0.1) is 0 Å². The predicted octanol–water partition coefficient (Wildman–Crippen LogP) is 2.45. The van der Waals surface area contributed by atoms with E-state index in [1.165, 1.54) is 12.2 Å². The maximum atomic E-state index is 4.11. The van der Waals surface area contributed by atoms with Gasteiger partial charge in [-0.15, -0.1) is 0 Å². The van der Waals surface area contributed by atoms with E-state index in [1.54, 1.807) is 0 Å². The van der Waals surface area contributed by atoms with Crippen molar-refractivity contribution in [3.8, 4) is 0 Å². The van der Waals surface area contributed by atoms with Gasteiger partial charge in [0.25, 0.3) is 0 Å². The first kappa shape index (κ1) is 8.70. The molecule has 8 heavy (non-hydrogen) atoms. The standard InChI is InChI=1S/C6H14S2/c1-6(2)8-5-3-4-7/h6-7H,3-5H2,1-2H3. The topological polar surface area (TPSA) is 0 Å². The highest BCUT2D eigenvalue weighted by Crippen LogP contribution is 2.09. The van der Waals surface area contributed by atoms with Crippen LogP contribution in [-0.2, 0) is 0 Å². The zero-order valence-corrected chi connectivity index (χ0v) is 7.27. The quantitative estimate of drug-likeness (QED) is 0.474. The Balaban J connectivity index is 2.72. The monoisotopic (exact) mass is 150 g/mol. The molecule has 2 heteroatoms. The molecule has 0 spiro atoms. The Morgan fingerprint density at radius 1 is 1.50 bits per heavy atom. The third-order valence-corrected chi connectivity index (χ3v) is 2.26. The molecule has 0 fully saturated rings. The van der Waals surface area contributed by atoms with Crippen LogP contribution < -0.4 is 0 Å². The van der Waals surface area contributed by atoms with E-state index in [0.717, 1.165) is 11.0 Å². The predicted molar refractivity (Wildman–Crippen MR) is 46.1 cm³/mol. The Bertz CT molecular complexity index is 43.8. The van der Waals surface area contributed by atoms with E-state index < -0.39 is 0 Å². The van der Waals surface area contributed by atoms with E-state index in [9.17, 15) is 0 Å². The normalized spacial score (nSPS) is 10.5. The SMILES string of the molecule is CC(C)SCCCS. The van der Waals surface area contributed by atoms with Crippen LogP contribution in [0.15, 0.2) is 0 Å². The molecule has 0 aliphatic rings. The molecule has 0 radical (unpaired) electrons. The average molecular weight is 150 g/mol. The molecule has 0 bridgehead atoms. The van der Waals surface area contributed by atoms with E-state index in [0.29, 0.717) is 0 Å². The van der Waals surface area contributed by atoms with E-state index in [-0.39, 0.29) is 0 Å². The van der Waals surface area contributed by atoms with Gasteiger partial charge in [0, 0.05) is 0 Å². The Kier molecular flexibility index (Phi) is 6.34. The highest BCUT2D eigenvalue weighted by molar-refractivity contribution is 7.99. The van der Waals surface area contributed by atoms with Gasteiger partial charge >= 0.3 is 0 Å². The molecule has 0 nitrogen and oxygen atoms in total. The fourth-order valence-corrected chi connectivity index (χ4v) is 1.54. The van der Waals surface area contributed by atoms with Crippen molar-refractivity contribution >= 4 is 24.4 Å². The number of thiol groups is 1. The molecule has 0 aliphatic carbocycles. The van der Waals surface area contributed by atoms with Gasteiger partial charge in [-0.2, -0.15) is 24.4 Å². The van der Waals surface area contributed by atoms with E-state index in [4.69, 9.17) is 0 Å². The molecule has 0 unspecified atom stereocenters. The summed E-state index contributed by atoms with van der Waals surface area (Å²) in [5.74, 6) is 2.29. The summed E-state index contributed by atoms with van der Waals surface area (Å²) >= 11 is 6.12. The molecule has 0 aromatic carbocycles. The minimum absolute atomic E-state index is 0.787. The van der Waals surface area contributed by atoms with Crippen LogP contribution in [0.1, 0.15) is 20.3 Å². The average Bonchev–Trinajstić information content (AvgIpc) is 1.66. The molecular weight excluding hydrogens is 136 g/mol. The lowest BCUT2D eigenvalue weighted by Gasteiger charge is -2.00. The molecule has 0 aliphatic heterocycles. The van der Waals surface area contributed by atoms with Gasteiger partial charge in [0.1, 0.15) is 0 Å². The highest BCUT2D eigenvalue weighted by Gasteiger charge is 1.90. The Labute approximate surface area is 61.8 Å². The summed E-state index contributed by atoms with van der Waals surface area (Å²) < 4.78 is 0. The second kappa shape index (κ2) is 5.83. The largest absolute Gasteiger partial charge is 0.179 e. The molecule has 0 aromatic rings. The first-order valence-electron chi connectivity index (χ1n) is 3.00. The summed E-state index contributed by atoms with van der Waals surface area (Å²) in [4.78, 5) is 0. The second-order valence-electron chi connectivity index (χ2n) is 2.00. The zero-order valence-electron chi connectivity index (χ0n) is 5.55. The van der Waals surface area contributed by atoms with Crippen LogP contribution in [0.4, 0.5) is 0 Å². The summed E-state index contributed by atoms with van der Waals surface area (Å²) in [5, 5.41) is 0.787.